The molecule has 2 rings (SSSR count). The average Bonchev–Trinajstić information content (AvgIpc) is 2.59. The van der Waals surface area contributed by atoms with E-state index in [-0.39, 0.29) is 23.9 Å². The Bertz CT molecular complexity index is 916. The van der Waals surface area contributed by atoms with E-state index < -0.39 is 15.8 Å². The number of sulfonamides is 1. The van der Waals surface area contributed by atoms with Crippen LogP contribution in [0.15, 0.2) is 47.4 Å². The maximum absolute atomic E-state index is 13.2. The van der Waals surface area contributed by atoms with E-state index in [1.807, 2.05) is 6.92 Å². The zero-order chi connectivity index (χ0) is 20.0. The van der Waals surface area contributed by atoms with Crippen LogP contribution in [0.1, 0.15) is 19.4 Å². The van der Waals surface area contributed by atoms with Gasteiger partial charge in [0.05, 0.1) is 17.2 Å². The van der Waals surface area contributed by atoms with Crippen molar-refractivity contribution in [3.8, 4) is 5.75 Å². The lowest BCUT2D eigenvalue weighted by Crippen LogP contribution is -2.38. The monoisotopic (exact) mass is 394 g/mol. The van der Waals surface area contributed by atoms with Gasteiger partial charge in [0.25, 0.3) is 0 Å². The highest BCUT2D eigenvalue weighted by atomic mass is 32.2. The predicted octanol–water partition coefficient (Wildman–Crippen LogP) is 2.86. The number of hydrogen-bond acceptors (Lipinski definition) is 4. The Morgan fingerprint density at radius 1 is 1.22 bits per heavy atom. The fourth-order valence-corrected chi connectivity index (χ4v) is 3.93. The van der Waals surface area contributed by atoms with Crippen molar-refractivity contribution in [1.82, 2.24) is 4.72 Å². The number of nitrogens with zero attached hydrogens (tertiary/aromatic N) is 1. The highest BCUT2D eigenvalue weighted by Crippen LogP contribution is 2.28. The third-order valence-electron chi connectivity index (χ3n) is 3.89. The first-order chi connectivity index (χ1) is 12.8. The van der Waals surface area contributed by atoms with Crippen LogP contribution >= 0.6 is 0 Å². The Kier molecular flexibility index (Phi) is 6.92. The molecule has 0 saturated carbocycles. The van der Waals surface area contributed by atoms with E-state index in [1.165, 1.54) is 24.8 Å². The number of carbonyl (C=O) groups excluding carboxylic acids is 1. The molecular formula is C19H23FN2O4S. The van der Waals surface area contributed by atoms with Gasteiger partial charge < -0.3 is 9.64 Å². The number of anilines is 1. The first kappa shape index (κ1) is 20.9. The first-order valence-electron chi connectivity index (χ1n) is 8.52. The number of amides is 1. The summed E-state index contributed by atoms with van der Waals surface area (Å²) in [6.07, 6.45) is 0. The summed E-state index contributed by atoms with van der Waals surface area (Å²) in [6, 6.07) is 10.6. The van der Waals surface area contributed by atoms with Crippen molar-refractivity contribution in [3.63, 3.8) is 0 Å². The molecular weight excluding hydrogens is 371 g/mol. The third-order valence-corrected chi connectivity index (χ3v) is 5.51. The second-order valence-corrected chi connectivity index (χ2v) is 7.61. The standard InChI is InChI=1S/C19H23FN2O4S/c1-4-26-18-8-6-5-7-17(18)22(15(3)23)12-11-21-27(24,25)19-10-9-16(20)13-14(19)2/h5-10,13,21H,4,11-12H2,1-3H3. The van der Waals surface area contributed by atoms with Crippen LogP contribution in [0.3, 0.4) is 0 Å². The quantitative estimate of drug-likeness (QED) is 0.747. The van der Waals surface area contributed by atoms with E-state index in [0.29, 0.717) is 23.6 Å². The minimum absolute atomic E-state index is 0.000805. The van der Waals surface area contributed by atoms with Gasteiger partial charge in [0.2, 0.25) is 15.9 Å². The molecule has 0 aliphatic rings. The fourth-order valence-electron chi connectivity index (χ4n) is 2.69. The number of benzene rings is 2. The number of para-hydroxylation sites is 2. The first-order valence-corrected chi connectivity index (χ1v) is 10.0. The van der Waals surface area contributed by atoms with Crippen molar-refractivity contribution >= 4 is 21.6 Å². The summed E-state index contributed by atoms with van der Waals surface area (Å²) in [6.45, 7) is 5.34. The number of ether oxygens (including phenoxy) is 1. The molecule has 2 aromatic carbocycles. The van der Waals surface area contributed by atoms with Gasteiger partial charge in [-0.05, 0) is 49.7 Å². The van der Waals surface area contributed by atoms with Gasteiger partial charge in [0.1, 0.15) is 11.6 Å². The molecule has 0 radical (unpaired) electrons. The topological polar surface area (TPSA) is 75.7 Å². The highest BCUT2D eigenvalue weighted by Gasteiger charge is 2.20. The summed E-state index contributed by atoms with van der Waals surface area (Å²) in [7, 11) is -3.82. The molecule has 0 bridgehead atoms. The van der Waals surface area contributed by atoms with Crippen molar-refractivity contribution in [3.05, 3.63) is 53.8 Å². The Hall–Kier alpha value is -2.45. The maximum Gasteiger partial charge on any atom is 0.240 e. The Labute approximate surface area is 159 Å². The fraction of sp³-hybridized carbons (Fsp3) is 0.316. The van der Waals surface area contributed by atoms with Gasteiger partial charge in [-0.15, -0.1) is 0 Å². The average molecular weight is 394 g/mol. The zero-order valence-electron chi connectivity index (χ0n) is 15.5. The predicted molar refractivity (Wildman–Crippen MR) is 102 cm³/mol. The minimum Gasteiger partial charge on any atom is -0.492 e. The lowest BCUT2D eigenvalue weighted by molar-refractivity contribution is -0.116. The molecule has 146 valence electrons. The van der Waals surface area contributed by atoms with Crippen LogP contribution in [-0.4, -0.2) is 34.0 Å². The molecule has 0 spiro atoms. The van der Waals surface area contributed by atoms with E-state index >= 15 is 0 Å². The molecule has 0 atom stereocenters. The number of aryl methyl sites for hydroxylation is 1. The summed E-state index contributed by atoms with van der Waals surface area (Å²) >= 11 is 0. The molecule has 0 aliphatic carbocycles. The molecule has 2 aromatic rings. The van der Waals surface area contributed by atoms with Crippen LogP contribution in [0.5, 0.6) is 5.75 Å². The van der Waals surface area contributed by atoms with Crippen LogP contribution in [-0.2, 0) is 14.8 Å². The third kappa shape index (κ3) is 5.27. The lowest BCUT2D eigenvalue weighted by atomic mass is 10.2. The Balaban J connectivity index is 2.14. The number of hydrogen-bond donors (Lipinski definition) is 1. The lowest BCUT2D eigenvalue weighted by Gasteiger charge is -2.24. The van der Waals surface area contributed by atoms with Crippen LogP contribution in [0, 0.1) is 12.7 Å². The molecule has 6 nitrogen and oxygen atoms in total. The summed E-state index contributed by atoms with van der Waals surface area (Å²) in [4.78, 5) is 13.5. The Morgan fingerprint density at radius 2 is 1.93 bits per heavy atom. The molecule has 0 saturated heterocycles. The Morgan fingerprint density at radius 3 is 2.56 bits per heavy atom. The van der Waals surface area contributed by atoms with E-state index in [2.05, 4.69) is 4.72 Å². The summed E-state index contributed by atoms with van der Waals surface area (Å²) in [5.41, 5.74) is 0.886. The molecule has 1 N–H and O–H groups in total. The van der Waals surface area contributed by atoms with E-state index in [0.717, 1.165) is 12.1 Å². The van der Waals surface area contributed by atoms with Gasteiger partial charge in [-0.3, -0.25) is 4.79 Å². The summed E-state index contributed by atoms with van der Waals surface area (Å²) in [5.74, 6) is -0.187. The molecule has 27 heavy (non-hydrogen) atoms. The molecule has 0 heterocycles. The molecule has 0 unspecified atom stereocenters. The largest absolute Gasteiger partial charge is 0.492 e. The van der Waals surface area contributed by atoms with Crippen molar-refractivity contribution in [2.75, 3.05) is 24.6 Å². The second kappa shape index (κ2) is 8.96. The van der Waals surface area contributed by atoms with Crippen LogP contribution < -0.4 is 14.4 Å². The number of carbonyl (C=O) groups is 1. The van der Waals surface area contributed by atoms with E-state index in [1.54, 1.807) is 24.3 Å². The van der Waals surface area contributed by atoms with Crippen LogP contribution in [0.25, 0.3) is 0 Å². The molecule has 0 fully saturated rings. The van der Waals surface area contributed by atoms with Gasteiger partial charge >= 0.3 is 0 Å². The SMILES string of the molecule is CCOc1ccccc1N(CCNS(=O)(=O)c1ccc(F)cc1C)C(C)=O. The van der Waals surface area contributed by atoms with Gasteiger partial charge in [0.15, 0.2) is 0 Å². The summed E-state index contributed by atoms with van der Waals surface area (Å²) < 4.78 is 46.1. The highest BCUT2D eigenvalue weighted by molar-refractivity contribution is 7.89. The zero-order valence-corrected chi connectivity index (χ0v) is 16.3. The molecule has 0 aliphatic heterocycles. The maximum atomic E-state index is 13.2. The van der Waals surface area contributed by atoms with Gasteiger partial charge in [-0.25, -0.2) is 17.5 Å². The number of nitrogens with one attached hydrogen (secondary N) is 1. The van der Waals surface area contributed by atoms with Crippen molar-refractivity contribution in [2.45, 2.75) is 25.7 Å². The van der Waals surface area contributed by atoms with Gasteiger partial charge in [-0.2, -0.15) is 0 Å². The minimum atomic E-state index is -3.82. The van der Waals surface area contributed by atoms with Crippen LogP contribution in [0.4, 0.5) is 10.1 Å². The molecule has 1 amide bonds. The van der Waals surface area contributed by atoms with Gasteiger partial charge in [0, 0.05) is 20.0 Å². The summed E-state index contributed by atoms with van der Waals surface area (Å²) in [5, 5.41) is 0. The van der Waals surface area contributed by atoms with Crippen molar-refractivity contribution < 1.29 is 22.3 Å². The van der Waals surface area contributed by atoms with Gasteiger partial charge in [-0.1, -0.05) is 12.1 Å². The van der Waals surface area contributed by atoms with E-state index in [9.17, 15) is 17.6 Å². The smallest absolute Gasteiger partial charge is 0.240 e. The number of halogens is 1. The molecule has 8 heteroatoms. The van der Waals surface area contributed by atoms with Crippen LogP contribution in [0.2, 0.25) is 0 Å². The second-order valence-electron chi connectivity index (χ2n) is 5.88. The number of rotatable bonds is 8. The van der Waals surface area contributed by atoms with Crippen molar-refractivity contribution in [1.29, 1.82) is 0 Å². The van der Waals surface area contributed by atoms with Crippen molar-refractivity contribution in [2.24, 2.45) is 0 Å². The van der Waals surface area contributed by atoms with E-state index in [4.69, 9.17) is 4.74 Å². The molecule has 0 aromatic heterocycles. The normalized spacial score (nSPS) is 11.3.